The molecule has 5 nitrogen and oxygen atoms in total. The van der Waals surface area contributed by atoms with Crippen LogP contribution in [0.2, 0.25) is 0 Å². The van der Waals surface area contributed by atoms with E-state index in [2.05, 4.69) is 4.98 Å². The Morgan fingerprint density at radius 2 is 2.04 bits per heavy atom. The van der Waals surface area contributed by atoms with Crippen LogP contribution in [0.4, 0.5) is 0 Å². The van der Waals surface area contributed by atoms with Crippen molar-refractivity contribution in [1.29, 1.82) is 0 Å². The molecule has 1 amide bonds. The van der Waals surface area contributed by atoms with Gasteiger partial charge in [-0.3, -0.25) is 14.4 Å². The predicted molar refractivity (Wildman–Crippen MR) is 106 cm³/mol. The number of fused-ring (bicyclic) bond motifs is 1. The molecule has 3 heterocycles. The summed E-state index contributed by atoms with van der Waals surface area (Å²) in [6, 6.07) is 3.74. The number of nitrogens with zero attached hydrogens (tertiary/aromatic N) is 1. The zero-order valence-electron chi connectivity index (χ0n) is 15.5. The van der Waals surface area contributed by atoms with Crippen LogP contribution in [0.25, 0.3) is 0 Å². The lowest BCUT2D eigenvalue weighted by atomic mass is 9.91. The second-order valence-electron chi connectivity index (χ2n) is 7.61. The number of likely N-dealkylation sites (tertiary alicyclic amines) is 1. The molecule has 2 aromatic rings. The van der Waals surface area contributed by atoms with Crippen molar-refractivity contribution in [3.63, 3.8) is 0 Å². The number of carbonyl (C=O) groups is 2. The molecule has 2 aliphatic rings. The van der Waals surface area contributed by atoms with E-state index in [0.717, 1.165) is 60.2 Å². The molecule has 0 radical (unpaired) electrons. The summed E-state index contributed by atoms with van der Waals surface area (Å²) in [5, 5.41) is 1.93. The highest BCUT2D eigenvalue weighted by molar-refractivity contribution is 7.12. The number of amides is 1. The van der Waals surface area contributed by atoms with Gasteiger partial charge in [-0.1, -0.05) is 0 Å². The Bertz CT molecular complexity index is 943. The molecule has 1 aliphatic heterocycles. The smallest absolute Gasteiger partial charge is 0.261 e. The van der Waals surface area contributed by atoms with E-state index in [-0.39, 0.29) is 28.7 Å². The molecule has 1 saturated heterocycles. The third kappa shape index (κ3) is 3.50. The third-order valence-electron chi connectivity index (χ3n) is 5.73. The lowest BCUT2D eigenvalue weighted by Crippen LogP contribution is -2.44. The molecular weight excluding hydrogens is 360 g/mol. The number of hydrogen-bond acceptors (Lipinski definition) is 4. The Morgan fingerprint density at radius 1 is 1.22 bits per heavy atom. The summed E-state index contributed by atoms with van der Waals surface area (Å²) in [6.45, 7) is 2.94. The minimum absolute atomic E-state index is 0.124. The Kier molecular flexibility index (Phi) is 5.00. The number of aryl methyl sites for hydroxylation is 3. The summed E-state index contributed by atoms with van der Waals surface area (Å²) in [5.74, 6) is -0.305. The van der Waals surface area contributed by atoms with Gasteiger partial charge >= 0.3 is 0 Å². The first-order valence-corrected chi connectivity index (χ1v) is 10.5. The normalized spacial score (nSPS) is 19.6. The molecule has 0 aromatic carbocycles. The average molecular weight is 385 g/mol. The first-order valence-electron chi connectivity index (χ1n) is 9.67. The van der Waals surface area contributed by atoms with Gasteiger partial charge in [-0.25, -0.2) is 0 Å². The molecule has 0 bridgehead atoms. The quantitative estimate of drug-likeness (QED) is 0.825. The number of ketones is 1. The van der Waals surface area contributed by atoms with Gasteiger partial charge in [-0.15, -0.1) is 11.3 Å². The molecule has 1 N–H and O–H groups in total. The van der Waals surface area contributed by atoms with Crippen molar-refractivity contribution in [2.45, 2.75) is 45.4 Å². The van der Waals surface area contributed by atoms with Crippen molar-refractivity contribution in [1.82, 2.24) is 9.88 Å². The van der Waals surface area contributed by atoms with Crippen molar-refractivity contribution < 1.29 is 9.59 Å². The van der Waals surface area contributed by atoms with Gasteiger partial charge < -0.3 is 9.88 Å². The molecule has 0 spiro atoms. The first kappa shape index (κ1) is 18.2. The Hall–Kier alpha value is -2.21. The highest BCUT2D eigenvalue weighted by atomic mass is 32.1. The second-order valence-corrected chi connectivity index (χ2v) is 8.53. The lowest BCUT2D eigenvalue weighted by Gasteiger charge is -2.32. The summed E-state index contributed by atoms with van der Waals surface area (Å²) in [5.41, 5.74) is 2.98. The molecule has 4 rings (SSSR count). The zero-order chi connectivity index (χ0) is 19.0. The van der Waals surface area contributed by atoms with E-state index >= 15 is 0 Å². The standard InChI is InChI=1S/C21H24N2O3S/c1-13-8-10-27-19(13)18(24)15-6-4-9-23(12-15)21(26)16-11-14-5-2-3-7-17(14)22-20(16)25/h8,10-11,15H,2-7,9,12H2,1H3,(H,22,25)/t15-/m1/s1. The molecule has 0 unspecified atom stereocenters. The predicted octanol–water partition coefficient (Wildman–Crippen LogP) is 3.36. The van der Waals surface area contributed by atoms with Crippen LogP contribution >= 0.6 is 11.3 Å². The highest BCUT2D eigenvalue weighted by Crippen LogP contribution is 2.26. The van der Waals surface area contributed by atoms with Crippen LogP contribution in [0.15, 0.2) is 22.3 Å². The summed E-state index contributed by atoms with van der Waals surface area (Å²) < 4.78 is 0. The van der Waals surface area contributed by atoms with Crippen LogP contribution in [0, 0.1) is 12.8 Å². The number of nitrogens with one attached hydrogen (secondary N) is 1. The Labute approximate surface area is 162 Å². The maximum Gasteiger partial charge on any atom is 0.261 e. The number of pyridine rings is 1. The SMILES string of the molecule is Cc1ccsc1C(=O)[C@@H]1CCCN(C(=O)c2cc3c([nH]c2=O)CCCC3)C1. The number of aromatic nitrogens is 1. The fourth-order valence-corrected chi connectivity index (χ4v) is 5.14. The minimum atomic E-state index is -0.303. The van der Waals surface area contributed by atoms with Crippen LogP contribution < -0.4 is 5.56 Å². The van der Waals surface area contributed by atoms with E-state index < -0.39 is 0 Å². The number of Topliss-reactive ketones (excluding diaryl/α,β-unsaturated/α-hetero) is 1. The molecule has 1 aliphatic carbocycles. The summed E-state index contributed by atoms with van der Waals surface area (Å²) in [7, 11) is 0. The monoisotopic (exact) mass is 384 g/mol. The molecular formula is C21H24N2O3S. The molecule has 1 atom stereocenters. The van der Waals surface area contributed by atoms with Gasteiger partial charge in [0.25, 0.3) is 11.5 Å². The Balaban J connectivity index is 1.55. The first-order chi connectivity index (χ1) is 13.0. The van der Waals surface area contributed by atoms with Crippen LogP contribution in [-0.4, -0.2) is 34.7 Å². The van der Waals surface area contributed by atoms with Gasteiger partial charge in [0.05, 0.1) is 4.88 Å². The Morgan fingerprint density at radius 3 is 2.81 bits per heavy atom. The van der Waals surface area contributed by atoms with E-state index in [1.54, 1.807) is 11.0 Å². The fourth-order valence-electron chi connectivity index (χ4n) is 4.19. The number of H-pyrrole nitrogens is 1. The van der Waals surface area contributed by atoms with Gasteiger partial charge in [-0.2, -0.15) is 0 Å². The van der Waals surface area contributed by atoms with E-state index in [9.17, 15) is 14.4 Å². The highest BCUT2D eigenvalue weighted by Gasteiger charge is 2.31. The topological polar surface area (TPSA) is 70.2 Å². The number of aromatic amines is 1. The largest absolute Gasteiger partial charge is 0.338 e. The average Bonchev–Trinajstić information content (AvgIpc) is 3.12. The number of thiophene rings is 1. The van der Waals surface area contributed by atoms with Crippen LogP contribution in [-0.2, 0) is 12.8 Å². The molecule has 2 aromatic heterocycles. The summed E-state index contributed by atoms with van der Waals surface area (Å²) >= 11 is 1.47. The van der Waals surface area contributed by atoms with Gasteiger partial charge in [-0.05, 0) is 74.1 Å². The molecule has 27 heavy (non-hydrogen) atoms. The fraction of sp³-hybridized carbons (Fsp3) is 0.476. The minimum Gasteiger partial charge on any atom is -0.338 e. The number of carbonyl (C=O) groups excluding carboxylic acids is 2. The van der Waals surface area contributed by atoms with Crippen LogP contribution in [0.5, 0.6) is 0 Å². The molecule has 6 heteroatoms. The summed E-state index contributed by atoms with van der Waals surface area (Å²) in [6.07, 6.45) is 5.53. The van der Waals surface area contributed by atoms with Gasteiger partial charge in [0.2, 0.25) is 0 Å². The third-order valence-corrected chi connectivity index (χ3v) is 6.76. The number of piperidine rings is 1. The van der Waals surface area contributed by atoms with Crippen molar-refractivity contribution in [2.24, 2.45) is 5.92 Å². The second kappa shape index (κ2) is 7.43. The van der Waals surface area contributed by atoms with Crippen LogP contribution in [0.3, 0.4) is 0 Å². The van der Waals surface area contributed by atoms with E-state index in [1.807, 2.05) is 18.4 Å². The van der Waals surface area contributed by atoms with Gasteiger partial charge in [0.1, 0.15) is 5.56 Å². The van der Waals surface area contributed by atoms with Crippen molar-refractivity contribution in [2.75, 3.05) is 13.1 Å². The van der Waals surface area contributed by atoms with Crippen LogP contribution in [0.1, 0.15) is 62.5 Å². The molecule has 0 saturated carbocycles. The zero-order valence-corrected chi connectivity index (χ0v) is 16.4. The van der Waals surface area contributed by atoms with Crippen molar-refractivity contribution in [3.05, 3.63) is 55.1 Å². The van der Waals surface area contributed by atoms with Crippen molar-refractivity contribution >= 4 is 23.0 Å². The summed E-state index contributed by atoms with van der Waals surface area (Å²) in [4.78, 5) is 43.7. The van der Waals surface area contributed by atoms with Gasteiger partial charge in [0.15, 0.2) is 5.78 Å². The maximum atomic E-state index is 13.0. The molecule has 142 valence electrons. The van der Waals surface area contributed by atoms with E-state index in [4.69, 9.17) is 0 Å². The number of hydrogen-bond donors (Lipinski definition) is 1. The van der Waals surface area contributed by atoms with E-state index in [0.29, 0.717) is 13.1 Å². The molecule has 1 fully saturated rings. The van der Waals surface area contributed by atoms with E-state index in [1.165, 1.54) is 11.3 Å². The van der Waals surface area contributed by atoms with Crippen molar-refractivity contribution in [3.8, 4) is 0 Å². The number of rotatable bonds is 3. The lowest BCUT2D eigenvalue weighted by molar-refractivity contribution is 0.0636. The maximum absolute atomic E-state index is 13.0. The van der Waals surface area contributed by atoms with Gasteiger partial charge in [0, 0.05) is 24.7 Å².